The molecule has 0 saturated carbocycles. The van der Waals surface area contributed by atoms with Crippen LogP contribution in [0, 0.1) is 24.1 Å². The maximum absolute atomic E-state index is 13.2. The molecule has 0 radical (unpaired) electrons. The van der Waals surface area contributed by atoms with Crippen molar-refractivity contribution < 1.29 is 9.18 Å². The first-order valence-electron chi connectivity index (χ1n) is 10.7. The molecule has 0 aliphatic carbocycles. The fourth-order valence-corrected chi connectivity index (χ4v) is 5.08. The molecule has 0 atom stereocenters. The van der Waals surface area contributed by atoms with Gasteiger partial charge in [-0.3, -0.25) is 19.1 Å². The summed E-state index contributed by atoms with van der Waals surface area (Å²) in [5, 5.41) is 9.64. The van der Waals surface area contributed by atoms with Crippen LogP contribution in [0.4, 0.5) is 10.2 Å². The van der Waals surface area contributed by atoms with Gasteiger partial charge in [-0.2, -0.15) is 5.26 Å². The largest absolute Gasteiger partial charge is 0.358 e. The number of nitriles is 1. The topological polar surface area (TPSA) is 69.3 Å². The highest BCUT2D eigenvalue weighted by Gasteiger charge is 2.33. The van der Waals surface area contributed by atoms with Crippen molar-refractivity contribution in [2.45, 2.75) is 40.8 Å². The van der Waals surface area contributed by atoms with Crippen LogP contribution in [0.15, 0.2) is 34.0 Å². The van der Waals surface area contributed by atoms with Crippen molar-refractivity contribution in [1.82, 2.24) is 9.47 Å². The van der Waals surface area contributed by atoms with E-state index in [1.807, 2.05) is 31.7 Å². The molecule has 9 heteroatoms. The van der Waals surface area contributed by atoms with E-state index in [0.717, 1.165) is 5.56 Å². The van der Waals surface area contributed by atoms with Crippen LogP contribution < -0.4 is 10.5 Å². The Bertz CT molecular complexity index is 1220. The zero-order valence-electron chi connectivity index (χ0n) is 19.0. The fourth-order valence-electron chi connectivity index (χ4n) is 3.84. The van der Waals surface area contributed by atoms with Crippen LogP contribution >= 0.6 is 24.0 Å². The summed E-state index contributed by atoms with van der Waals surface area (Å²) in [6.07, 6.45) is 1.74. The Labute approximate surface area is 202 Å². The number of hydrogen-bond acceptors (Lipinski definition) is 6. The molecular weight excluding hydrogens is 459 g/mol. The molecule has 172 valence electrons. The van der Waals surface area contributed by atoms with E-state index < -0.39 is 0 Å². The number of halogens is 1. The van der Waals surface area contributed by atoms with Crippen LogP contribution in [0.25, 0.3) is 6.08 Å². The van der Waals surface area contributed by atoms with Crippen LogP contribution in [-0.4, -0.2) is 32.8 Å². The van der Waals surface area contributed by atoms with E-state index in [2.05, 4.69) is 0 Å². The molecule has 2 heterocycles. The third-order valence-electron chi connectivity index (χ3n) is 5.63. The van der Waals surface area contributed by atoms with Crippen molar-refractivity contribution in [2.75, 3.05) is 18.0 Å². The average Bonchev–Trinajstić information content (AvgIpc) is 3.06. The number of thioether (sulfide) groups is 1. The Morgan fingerprint density at radius 2 is 1.82 bits per heavy atom. The number of pyridine rings is 1. The van der Waals surface area contributed by atoms with E-state index in [-0.39, 0.29) is 29.4 Å². The first kappa shape index (κ1) is 24.7. The van der Waals surface area contributed by atoms with Gasteiger partial charge < -0.3 is 4.90 Å². The van der Waals surface area contributed by atoms with Gasteiger partial charge in [-0.05, 0) is 57.0 Å². The standard InChI is InChI=1S/C24H25FN4O2S2/c1-5-27(6-2)21-18(15(4)19(13-26)22(30)28(21)7-3)12-20-23(31)29(24(32)33-20)14-16-8-10-17(25)11-9-16/h8-12H,5-7,14H2,1-4H3/b20-12-. The third kappa shape index (κ3) is 4.72. The van der Waals surface area contributed by atoms with Gasteiger partial charge in [-0.1, -0.05) is 36.1 Å². The van der Waals surface area contributed by atoms with E-state index in [0.29, 0.717) is 45.8 Å². The number of benzene rings is 1. The molecule has 0 N–H and O–H groups in total. The number of amides is 1. The van der Waals surface area contributed by atoms with Crippen LogP contribution in [0.1, 0.15) is 43.0 Å². The molecule has 1 aliphatic rings. The summed E-state index contributed by atoms with van der Waals surface area (Å²) in [4.78, 5) is 30.1. The van der Waals surface area contributed by atoms with Gasteiger partial charge in [0, 0.05) is 25.2 Å². The zero-order valence-corrected chi connectivity index (χ0v) is 20.6. The minimum Gasteiger partial charge on any atom is -0.358 e. The summed E-state index contributed by atoms with van der Waals surface area (Å²) in [7, 11) is 0. The molecule has 2 aromatic rings. The predicted molar refractivity (Wildman–Crippen MR) is 135 cm³/mol. The summed E-state index contributed by atoms with van der Waals surface area (Å²) in [5.74, 6) is 0.0857. The van der Waals surface area contributed by atoms with Crippen molar-refractivity contribution in [1.29, 1.82) is 5.26 Å². The van der Waals surface area contributed by atoms with Crippen molar-refractivity contribution in [3.05, 3.63) is 67.6 Å². The predicted octanol–water partition coefficient (Wildman–Crippen LogP) is 4.44. The highest BCUT2D eigenvalue weighted by Crippen LogP contribution is 2.36. The molecule has 1 aliphatic heterocycles. The number of hydrogen-bond donors (Lipinski definition) is 0. The van der Waals surface area contributed by atoms with E-state index >= 15 is 0 Å². The SMILES string of the molecule is CCN(CC)c1c(/C=C2\SC(=S)N(Cc3ccc(F)cc3)C2=O)c(C)c(C#N)c(=O)n1CC. The van der Waals surface area contributed by atoms with Gasteiger partial charge in [0.05, 0.1) is 11.4 Å². The van der Waals surface area contributed by atoms with Gasteiger partial charge in [-0.25, -0.2) is 4.39 Å². The Hall–Kier alpha value is -2.96. The molecule has 6 nitrogen and oxygen atoms in total. The van der Waals surface area contributed by atoms with Gasteiger partial charge in [0.25, 0.3) is 11.5 Å². The Kier molecular flexibility index (Phi) is 7.72. The summed E-state index contributed by atoms with van der Waals surface area (Å²) in [6, 6.07) is 7.97. The lowest BCUT2D eigenvalue weighted by Crippen LogP contribution is -2.34. The molecule has 1 fully saturated rings. The second kappa shape index (κ2) is 10.3. The molecule has 1 amide bonds. The fraction of sp³-hybridized carbons (Fsp3) is 0.333. The highest BCUT2D eigenvalue weighted by atomic mass is 32.2. The number of carbonyl (C=O) groups excluding carboxylic acids is 1. The lowest BCUT2D eigenvalue weighted by molar-refractivity contribution is -0.122. The number of thiocarbonyl (C=S) groups is 1. The Morgan fingerprint density at radius 3 is 2.36 bits per heavy atom. The van der Waals surface area contributed by atoms with Gasteiger partial charge in [-0.15, -0.1) is 0 Å². The first-order valence-corrected chi connectivity index (χ1v) is 11.9. The molecule has 1 saturated heterocycles. The van der Waals surface area contributed by atoms with Gasteiger partial charge in [0.1, 0.15) is 27.6 Å². The maximum atomic E-state index is 13.2. The van der Waals surface area contributed by atoms with E-state index in [9.17, 15) is 19.2 Å². The Morgan fingerprint density at radius 1 is 1.18 bits per heavy atom. The summed E-state index contributed by atoms with van der Waals surface area (Å²) >= 11 is 6.63. The molecule has 1 aromatic carbocycles. The second-order valence-corrected chi connectivity index (χ2v) is 9.14. The number of nitrogens with zero attached hydrogens (tertiary/aromatic N) is 4. The summed E-state index contributed by atoms with van der Waals surface area (Å²) in [6.45, 7) is 9.53. The highest BCUT2D eigenvalue weighted by molar-refractivity contribution is 8.26. The minimum absolute atomic E-state index is 0.0702. The molecule has 1 aromatic heterocycles. The monoisotopic (exact) mass is 484 g/mol. The number of rotatable bonds is 7. The quantitative estimate of drug-likeness (QED) is 0.428. The summed E-state index contributed by atoms with van der Waals surface area (Å²) < 4.78 is 15.2. The first-order chi connectivity index (χ1) is 15.8. The maximum Gasteiger partial charge on any atom is 0.270 e. The smallest absolute Gasteiger partial charge is 0.270 e. The van der Waals surface area contributed by atoms with E-state index in [1.165, 1.54) is 28.8 Å². The molecule has 3 rings (SSSR count). The van der Waals surface area contributed by atoms with Gasteiger partial charge in [0.15, 0.2) is 0 Å². The van der Waals surface area contributed by atoms with Crippen molar-refractivity contribution in [2.24, 2.45) is 0 Å². The van der Waals surface area contributed by atoms with Crippen LogP contribution in [-0.2, 0) is 17.9 Å². The molecule has 33 heavy (non-hydrogen) atoms. The van der Waals surface area contributed by atoms with Crippen molar-refractivity contribution in [3.63, 3.8) is 0 Å². The van der Waals surface area contributed by atoms with Crippen LogP contribution in [0.5, 0.6) is 0 Å². The number of anilines is 1. The lowest BCUT2D eigenvalue weighted by Gasteiger charge is -2.28. The van der Waals surface area contributed by atoms with E-state index in [4.69, 9.17) is 12.2 Å². The molecule has 0 spiro atoms. The second-order valence-electron chi connectivity index (χ2n) is 7.47. The number of carbonyl (C=O) groups is 1. The summed E-state index contributed by atoms with van der Waals surface area (Å²) in [5.41, 5.74) is 1.71. The number of aromatic nitrogens is 1. The van der Waals surface area contributed by atoms with Gasteiger partial charge in [0.2, 0.25) is 0 Å². The van der Waals surface area contributed by atoms with E-state index in [1.54, 1.807) is 29.7 Å². The molecule has 0 unspecified atom stereocenters. The zero-order chi connectivity index (χ0) is 24.3. The van der Waals surface area contributed by atoms with Crippen LogP contribution in [0.2, 0.25) is 0 Å². The van der Waals surface area contributed by atoms with Crippen molar-refractivity contribution in [3.8, 4) is 6.07 Å². The average molecular weight is 485 g/mol. The van der Waals surface area contributed by atoms with Crippen LogP contribution in [0.3, 0.4) is 0 Å². The molecule has 0 bridgehead atoms. The normalized spacial score (nSPS) is 14.8. The van der Waals surface area contributed by atoms with Gasteiger partial charge >= 0.3 is 0 Å². The van der Waals surface area contributed by atoms with Crippen molar-refractivity contribution >= 4 is 46.1 Å². The molecular formula is C24H25FN4O2S2. The third-order valence-corrected chi connectivity index (χ3v) is 7.01. The lowest BCUT2D eigenvalue weighted by atomic mass is 10.0. The Balaban J connectivity index is 2.12. The minimum atomic E-state index is -0.345.